The summed E-state index contributed by atoms with van der Waals surface area (Å²) in [5.74, 6) is 1.13. The molecule has 0 atom stereocenters. The topological polar surface area (TPSA) is 42.4 Å². The van der Waals surface area contributed by atoms with Crippen LogP contribution in [0.2, 0.25) is 0 Å². The van der Waals surface area contributed by atoms with E-state index in [0.717, 1.165) is 24.9 Å². The molecule has 0 fully saturated rings. The second-order valence-electron chi connectivity index (χ2n) is 6.36. The van der Waals surface area contributed by atoms with Gasteiger partial charge in [0.05, 0.1) is 0 Å². The molecule has 0 bridgehead atoms. The summed E-state index contributed by atoms with van der Waals surface area (Å²) in [6.45, 7) is 3.47. The number of hydrogen-bond donors (Lipinski definition) is 0. The Labute approximate surface area is 160 Å². The van der Waals surface area contributed by atoms with Crippen molar-refractivity contribution in [1.82, 2.24) is 9.88 Å². The molecule has 0 spiro atoms. The summed E-state index contributed by atoms with van der Waals surface area (Å²) in [6.07, 6.45) is 3.70. The third-order valence-corrected chi connectivity index (χ3v) is 4.23. The van der Waals surface area contributed by atoms with Crippen molar-refractivity contribution in [3.8, 4) is 11.6 Å². The largest absolute Gasteiger partial charge is 0.439 e. The second-order valence-corrected chi connectivity index (χ2v) is 6.36. The lowest BCUT2D eigenvalue weighted by Crippen LogP contribution is -2.31. The van der Waals surface area contributed by atoms with Crippen molar-refractivity contribution in [1.29, 1.82) is 0 Å². The van der Waals surface area contributed by atoms with E-state index in [0.29, 0.717) is 23.7 Å². The zero-order chi connectivity index (χ0) is 18.9. The molecule has 3 rings (SSSR count). The van der Waals surface area contributed by atoms with Gasteiger partial charge < -0.3 is 9.64 Å². The summed E-state index contributed by atoms with van der Waals surface area (Å²) < 4.78 is 5.77. The third-order valence-electron chi connectivity index (χ3n) is 4.23. The van der Waals surface area contributed by atoms with E-state index < -0.39 is 0 Å². The SMILES string of the molecule is CCCCN(Cc1ccccc1)C(=O)c1cccc(Oc2ccccn2)c1. The van der Waals surface area contributed by atoms with Crippen LogP contribution in [0.4, 0.5) is 0 Å². The fourth-order valence-corrected chi connectivity index (χ4v) is 2.81. The quantitative estimate of drug-likeness (QED) is 0.546. The number of aromatic nitrogens is 1. The lowest BCUT2D eigenvalue weighted by molar-refractivity contribution is 0.0740. The molecule has 4 nitrogen and oxygen atoms in total. The summed E-state index contributed by atoms with van der Waals surface area (Å²) in [7, 11) is 0. The molecule has 0 saturated heterocycles. The first kappa shape index (κ1) is 18.6. The fourth-order valence-electron chi connectivity index (χ4n) is 2.81. The molecular weight excluding hydrogens is 336 g/mol. The molecule has 138 valence electrons. The average Bonchev–Trinajstić information content (AvgIpc) is 2.72. The summed E-state index contributed by atoms with van der Waals surface area (Å²) in [6, 6.07) is 22.9. The van der Waals surface area contributed by atoms with Gasteiger partial charge in [-0.2, -0.15) is 0 Å². The fraction of sp³-hybridized carbons (Fsp3) is 0.217. The molecule has 0 aliphatic rings. The van der Waals surface area contributed by atoms with Gasteiger partial charge in [0.15, 0.2) is 0 Å². The van der Waals surface area contributed by atoms with E-state index in [1.54, 1.807) is 18.3 Å². The van der Waals surface area contributed by atoms with Crippen LogP contribution < -0.4 is 4.74 Å². The first-order chi connectivity index (χ1) is 13.3. The van der Waals surface area contributed by atoms with Gasteiger partial charge in [-0.3, -0.25) is 4.79 Å². The second kappa shape index (κ2) is 9.53. The first-order valence-corrected chi connectivity index (χ1v) is 9.28. The molecule has 0 aliphatic carbocycles. The van der Waals surface area contributed by atoms with Crippen molar-refractivity contribution in [3.05, 3.63) is 90.1 Å². The van der Waals surface area contributed by atoms with Crippen LogP contribution in [-0.4, -0.2) is 22.3 Å². The molecule has 0 unspecified atom stereocenters. The Kier molecular flexibility index (Phi) is 6.58. The Bertz CT molecular complexity index is 851. The number of amides is 1. The van der Waals surface area contributed by atoms with E-state index in [1.165, 1.54) is 0 Å². The lowest BCUT2D eigenvalue weighted by atomic mass is 10.1. The minimum Gasteiger partial charge on any atom is -0.439 e. The first-order valence-electron chi connectivity index (χ1n) is 9.28. The molecule has 0 aliphatic heterocycles. The number of rotatable bonds is 8. The molecule has 4 heteroatoms. The van der Waals surface area contributed by atoms with E-state index in [4.69, 9.17) is 4.74 Å². The van der Waals surface area contributed by atoms with Crippen LogP contribution >= 0.6 is 0 Å². The molecule has 27 heavy (non-hydrogen) atoms. The molecule has 1 heterocycles. The molecule has 0 N–H and O–H groups in total. The van der Waals surface area contributed by atoms with Gasteiger partial charge in [0.1, 0.15) is 5.75 Å². The Balaban J connectivity index is 1.77. The number of pyridine rings is 1. The molecular formula is C23H24N2O2. The van der Waals surface area contributed by atoms with Gasteiger partial charge in [-0.25, -0.2) is 4.98 Å². The highest BCUT2D eigenvalue weighted by Crippen LogP contribution is 2.21. The van der Waals surface area contributed by atoms with Gasteiger partial charge in [-0.1, -0.05) is 55.8 Å². The minimum absolute atomic E-state index is 0.0128. The predicted molar refractivity (Wildman–Crippen MR) is 107 cm³/mol. The van der Waals surface area contributed by atoms with E-state index in [9.17, 15) is 4.79 Å². The van der Waals surface area contributed by atoms with Gasteiger partial charge in [-0.05, 0) is 36.2 Å². The number of unbranched alkanes of at least 4 members (excludes halogenated alkanes) is 1. The molecule has 1 amide bonds. The van der Waals surface area contributed by atoms with Crippen LogP contribution in [0.1, 0.15) is 35.7 Å². The number of nitrogens with zero attached hydrogens (tertiary/aromatic N) is 2. The van der Waals surface area contributed by atoms with E-state index in [2.05, 4.69) is 11.9 Å². The van der Waals surface area contributed by atoms with Crippen molar-refractivity contribution in [2.45, 2.75) is 26.3 Å². The maximum absolute atomic E-state index is 13.1. The van der Waals surface area contributed by atoms with Crippen LogP contribution in [0.15, 0.2) is 79.0 Å². The molecule has 0 radical (unpaired) electrons. The summed E-state index contributed by atoms with van der Waals surface area (Å²) in [4.78, 5) is 19.2. The van der Waals surface area contributed by atoms with Crippen molar-refractivity contribution in [3.63, 3.8) is 0 Å². The van der Waals surface area contributed by atoms with Crippen LogP contribution in [0.25, 0.3) is 0 Å². The van der Waals surface area contributed by atoms with Crippen LogP contribution in [0.5, 0.6) is 11.6 Å². The van der Waals surface area contributed by atoms with Crippen LogP contribution in [0.3, 0.4) is 0 Å². The molecule has 3 aromatic rings. The Morgan fingerprint density at radius 1 is 1.00 bits per heavy atom. The van der Waals surface area contributed by atoms with Crippen molar-refractivity contribution < 1.29 is 9.53 Å². The van der Waals surface area contributed by atoms with Gasteiger partial charge in [0, 0.05) is 30.9 Å². The Morgan fingerprint density at radius 3 is 2.56 bits per heavy atom. The summed E-state index contributed by atoms with van der Waals surface area (Å²) in [5, 5.41) is 0. The number of ether oxygens (including phenoxy) is 1. The van der Waals surface area contributed by atoms with Gasteiger partial charge in [-0.15, -0.1) is 0 Å². The highest BCUT2D eigenvalue weighted by molar-refractivity contribution is 5.94. The summed E-state index contributed by atoms with van der Waals surface area (Å²) in [5.41, 5.74) is 1.75. The van der Waals surface area contributed by atoms with Crippen LogP contribution in [0, 0.1) is 0 Å². The van der Waals surface area contributed by atoms with E-state index in [1.807, 2.05) is 65.6 Å². The zero-order valence-corrected chi connectivity index (χ0v) is 15.5. The van der Waals surface area contributed by atoms with Gasteiger partial charge in [0.25, 0.3) is 5.91 Å². The standard InChI is InChI=1S/C23H24N2O2/c1-2-3-16-25(18-19-10-5-4-6-11-19)23(26)20-12-9-13-21(17-20)27-22-14-7-8-15-24-22/h4-15,17H,2-3,16,18H2,1H3. The molecule has 2 aromatic carbocycles. The lowest BCUT2D eigenvalue weighted by Gasteiger charge is -2.23. The minimum atomic E-state index is 0.0128. The monoisotopic (exact) mass is 360 g/mol. The average molecular weight is 360 g/mol. The Morgan fingerprint density at radius 2 is 1.81 bits per heavy atom. The Hall–Kier alpha value is -3.14. The maximum atomic E-state index is 13.1. The number of hydrogen-bond acceptors (Lipinski definition) is 3. The highest BCUT2D eigenvalue weighted by atomic mass is 16.5. The molecule has 0 saturated carbocycles. The smallest absolute Gasteiger partial charge is 0.254 e. The normalized spacial score (nSPS) is 10.4. The van der Waals surface area contributed by atoms with Gasteiger partial charge >= 0.3 is 0 Å². The van der Waals surface area contributed by atoms with E-state index in [-0.39, 0.29) is 5.91 Å². The zero-order valence-electron chi connectivity index (χ0n) is 15.5. The van der Waals surface area contributed by atoms with Gasteiger partial charge in [0.2, 0.25) is 5.88 Å². The predicted octanol–water partition coefficient (Wildman–Crippen LogP) is 5.32. The maximum Gasteiger partial charge on any atom is 0.254 e. The number of benzene rings is 2. The van der Waals surface area contributed by atoms with Crippen LogP contribution in [-0.2, 0) is 6.54 Å². The highest BCUT2D eigenvalue weighted by Gasteiger charge is 2.16. The molecule has 1 aromatic heterocycles. The van der Waals surface area contributed by atoms with E-state index >= 15 is 0 Å². The number of carbonyl (C=O) groups excluding carboxylic acids is 1. The van der Waals surface area contributed by atoms with Crippen molar-refractivity contribution in [2.24, 2.45) is 0 Å². The summed E-state index contributed by atoms with van der Waals surface area (Å²) >= 11 is 0. The van der Waals surface area contributed by atoms with Crippen molar-refractivity contribution >= 4 is 5.91 Å². The van der Waals surface area contributed by atoms with Crippen molar-refractivity contribution in [2.75, 3.05) is 6.54 Å². The third kappa shape index (κ3) is 5.42. The number of carbonyl (C=O) groups is 1.